The number of nitrogens with zero attached hydrogens (tertiary/aromatic N) is 4. The van der Waals surface area contributed by atoms with E-state index in [-0.39, 0.29) is 23.8 Å². The Balaban J connectivity index is 1.32. The van der Waals surface area contributed by atoms with Crippen LogP contribution in [0.25, 0.3) is 0 Å². The molecule has 2 aliphatic heterocycles. The van der Waals surface area contributed by atoms with Gasteiger partial charge in [0, 0.05) is 63.0 Å². The number of carbonyl (C=O) groups is 2. The Bertz CT molecular complexity index is 919. The summed E-state index contributed by atoms with van der Waals surface area (Å²) >= 11 is 0. The first-order valence-corrected chi connectivity index (χ1v) is 10.4. The molecular weight excluding hydrogens is 380 g/mol. The highest BCUT2D eigenvalue weighted by Gasteiger charge is 2.35. The zero-order valence-electron chi connectivity index (χ0n) is 17.5. The maximum atomic E-state index is 13.0. The molecule has 2 aromatic heterocycles. The highest BCUT2D eigenvalue weighted by Crippen LogP contribution is 2.26. The van der Waals surface area contributed by atoms with Crippen molar-refractivity contribution < 1.29 is 9.59 Å². The molecule has 2 saturated heterocycles. The lowest BCUT2D eigenvalue weighted by Gasteiger charge is -2.22. The first kappa shape index (κ1) is 20.1. The van der Waals surface area contributed by atoms with E-state index in [0.29, 0.717) is 24.5 Å². The Labute approximate surface area is 176 Å². The van der Waals surface area contributed by atoms with Crippen molar-refractivity contribution in [1.82, 2.24) is 20.2 Å². The van der Waals surface area contributed by atoms with Gasteiger partial charge in [-0.25, -0.2) is 4.98 Å². The molecule has 2 amide bonds. The van der Waals surface area contributed by atoms with Crippen molar-refractivity contribution in [3.8, 4) is 0 Å². The summed E-state index contributed by atoms with van der Waals surface area (Å²) in [5, 5.41) is 6.05. The first-order valence-electron chi connectivity index (χ1n) is 10.4. The van der Waals surface area contributed by atoms with E-state index < -0.39 is 0 Å². The monoisotopic (exact) mass is 408 g/mol. The number of hydrogen-bond donors (Lipinski definition) is 2. The maximum Gasteiger partial charge on any atom is 0.255 e. The van der Waals surface area contributed by atoms with Crippen LogP contribution in [0.4, 0.5) is 11.5 Å². The van der Waals surface area contributed by atoms with Crippen LogP contribution < -0.4 is 15.5 Å². The third-order valence-corrected chi connectivity index (χ3v) is 5.92. The van der Waals surface area contributed by atoms with Gasteiger partial charge in [0.2, 0.25) is 5.91 Å². The Morgan fingerprint density at radius 3 is 2.63 bits per heavy atom. The lowest BCUT2D eigenvalue weighted by Crippen LogP contribution is -2.40. The first-order chi connectivity index (χ1) is 14.5. The van der Waals surface area contributed by atoms with Crippen molar-refractivity contribution in [2.75, 3.05) is 43.4 Å². The minimum Gasteiger partial charge on any atom is -0.372 e. The van der Waals surface area contributed by atoms with E-state index >= 15 is 0 Å². The van der Waals surface area contributed by atoms with Crippen molar-refractivity contribution in [3.05, 3.63) is 47.9 Å². The standard InChI is InChI=1S/C22H28N6O2/c1-15-3-4-19(20(23-2)25-15)21(29)26-17-8-12-28(14-17)22(30)16-7-11-27(13-16)18-5-9-24-10-6-18/h3-6,9-10,16-17H,7-8,11-14H2,1-2H3,(H,23,25)(H,26,29). The summed E-state index contributed by atoms with van der Waals surface area (Å²) in [6.07, 6.45) is 5.18. The molecule has 2 atom stereocenters. The number of pyridine rings is 2. The molecule has 2 aliphatic rings. The van der Waals surface area contributed by atoms with E-state index in [1.54, 1.807) is 25.5 Å². The van der Waals surface area contributed by atoms with Gasteiger partial charge in [0.1, 0.15) is 5.82 Å². The molecule has 4 rings (SSSR count). The minimum atomic E-state index is -0.157. The summed E-state index contributed by atoms with van der Waals surface area (Å²) < 4.78 is 0. The van der Waals surface area contributed by atoms with Crippen LogP contribution in [0.1, 0.15) is 28.9 Å². The van der Waals surface area contributed by atoms with Gasteiger partial charge in [0.05, 0.1) is 11.5 Å². The molecule has 0 bridgehead atoms. The third-order valence-electron chi connectivity index (χ3n) is 5.92. The van der Waals surface area contributed by atoms with Crippen LogP contribution in [0.15, 0.2) is 36.7 Å². The van der Waals surface area contributed by atoms with Gasteiger partial charge < -0.3 is 20.4 Å². The number of carbonyl (C=O) groups excluding carboxylic acids is 2. The summed E-state index contributed by atoms with van der Waals surface area (Å²) in [6.45, 7) is 4.74. The predicted octanol–water partition coefficient (Wildman–Crippen LogP) is 1.68. The van der Waals surface area contributed by atoms with Gasteiger partial charge in [-0.3, -0.25) is 14.6 Å². The smallest absolute Gasteiger partial charge is 0.255 e. The summed E-state index contributed by atoms with van der Waals surface area (Å²) in [5.74, 6) is 0.609. The van der Waals surface area contributed by atoms with Gasteiger partial charge in [-0.2, -0.15) is 0 Å². The normalized spacial score (nSPS) is 21.0. The van der Waals surface area contributed by atoms with E-state index in [0.717, 1.165) is 37.3 Å². The van der Waals surface area contributed by atoms with Gasteiger partial charge >= 0.3 is 0 Å². The average molecular weight is 409 g/mol. The van der Waals surface area contributed by atoms with Gasteiger partial charge in [0.25, 0.3) is 5.91 Å². The number of aromatic nitrogens is 2. The molecule has 4 heterocycles. The van der Waals surface area contributed by atoms with Crippen molar-refractivity contribution in [2.45, 2.75) is 25.8 Å². The van der Waals surface area contributed by atoms with Crippen LogP contribution in [-0.4, -0.2) is 66.0 Å². The minimum absolute atomic E-state index is 0.00445. The van der Waals surface area contributed by atoms with E-state index in [2.05, 4.69) is 25.5 Å². The molecule has 8 heteroatoms. The van der Waals surface area contributed by atoms with Crippen molar-refractivity contribution in [1.29, 1.82) is 0 Å². The topological polar surface area (TPSA) is 90.5 Å². The zero-order valence-corrected chi connectivity index (χ0v) is 17.5. The molecule has 158 valence electrons. The molecule has 30 heavy (non-hydrogen) atoms. The number of rotatable bonds is 5. The Morgan fingerprint density at radius 2 is 1.87 bits per heavy atom. The Morgan fingerprint density at radius 1 is 1.07 bits per heavy atom. The highest BCUT2D eigenvalue weighted by atomic mass is 16.2. The van der Waals surface area contributed by atoms with Crippen LogP contribution in [0.2, 0.25) is 0 Å². The fourth-order valence-corrected chi connectivity index (χ4v) is 4.28. The number of likely N-dealkylation sites (tertiary alicyclic amines) is 1. The largest absolute Gasteiger partial charge is 0.372 e. The van der Waals surface area contributed by atoms with E-state index in [4.69, 9.17) is 0 Å². The third kappa shape index (κ3) is 4.22. The Kier molecular flexibility index (Phi) is 5.83. The number of amides is 2. The van der Waals surface area contributed by atoms with Gasteiger partial charge in [0.15, 0.2) is 0 Å². The number of hydrogen-bond acceptors (Lipinski definition) is 6. The summed E-state index contributed by atoms with van der Waals surface area (Å²) in [5.41, 5.74) is 2.49. The highest BCUT2D eigenvalue weighted by molar-refractivity contribution is 5.99. The van der Waals surface area contributed by atoms with Crippen LogP contribution in [0, 0.1) is 12.8 Å². The molecule has 2 N–H and O–H groups in total. The Hall–Kier alpha value is -3.16. The van der Waals surface area contributed by atoms with Crippen molar-refractivity contribution in [3.63, 3.8) is 0 Å². The van der Waals surface area contributed by atoms with E-state index in [1.165, 1.54) is 0 Å². The maximum absolute atomic E-state index is 13.0. The molecule has 0 aromatic carbocycles. The molecule has 2 unspecified atom stereocenters. The lowest BCUT2D eigenvalue weighted by molar-refractivity contribution is -0.133. The molecule has 0 aliphatic carbocycles. The second kappa shape index (κ2) is 8.69. The molecule has 0 radical (unpaired) electrons. The molecule has 0 spiro atoms. The molecule has 8 nitrogen and oxygen atoms in total. The average Bonchev–Trinajstić information content (AvgIpc) is 3.44. The van der Waals surface area contributed by atoms with Crippen molar-refractivity contribution >= 4 is 23.3 Å². The summed E-state index contributed by atoms with van der Waals surface area (Å²) in [6, 6.07) is 7.54. The second-order valence-electron chi connectivity index (χ2n) is 7.98. The lowest BCUT2D eigenvalue weighted by atomic mass is 10.1. The van der Waals surface area contributed by atoms with Crippen molar-refractivity contribution in [2.24, 2.45) is 5.92 Å². The number of nitrogens with one attached hydrogen (secondary N) is 2. The molecule has 0 saturated carbocycles. The SMILES string of the molecule is CNc1nc(C)ccc1C(=O)NC1CCN(C(=O)C2CCN(c3ccncc3)C2)C1. The van der Waals surface area contributed by atoms with Gasteiger partial charge in [-0.1, -0.05) is 0 Å². The van der Waals surface area contributed by atoms with E-state index in [1.807, 2.05) is 30.0 Å². The second-order valence-corrected chi connectivity index (χ2v) is 7.98. The fraction of sp³-hybridized carbons (Fsp3) is 0.455. The quantitative estimate of drug-likeness (QED) is 0.782. The van der Waals surface area contributed by atoms with Crippen LogP contribution in [0.5, 0.6) is 0 Å². The molecule has 2 fully saturated rings. The van der Waals surface area contributed by atoms with Gasteiger partial charge in [-0.15, -0.1) is 0 Å². The summed E-state index contributed by atoms with van der Waals surface area (Å²) in [7, 11) is 1.76. The van der Waals surface area contributed by atoms with E-state index in [9.17, 15) is 9.59 Å². The molecular formula is C22H28N6O2. The van der Waals surface area contributed by atoms with Crippen LogP contribution >= 0.6 is 0 Å². The molecule has 2 aromatic rings. The zero-order chi connectivity index (χ0) is 21.1. The number of aryl methyl sites for hydroxylation is 1. The van der Waals surface area contributed by atoms with Gasteiger partial charge in [-0.05, 0) is 44.0 Å². The van der Waals surface area contributed by atoms with Crippen LogP contribution in [0.3, 0.4) is 0 Å². The predicted molar refractivity (Wildman–Crippen MR) is 116 cm³/mol. The number of anilines is 2. The van der Waals surface area contributed by atoms with Crippen LogP contribution in [-0.2, 0) is 4.79 Å². The summed E-state index contributed by atoms with van der Waals surface area (Å²) in [4.78, 5) is 38.3. The fourth-order valence-electron chi connectivity index (χ4n) is 4.28.